The highest BCUT2D eigenvalue weighted by Crippen LogP contribution is 2.31. The summed E-state index contributed by atoms with van der Waals surface area (Å²) in [6.45, 7) is -0.175. The first kappa shape index (κ1) is 17.3. The lowest BCUT2D eigenvalue weighted by Crippen LogP contribution is -2.13. The van der Waals surface area contributed by atoms with Gasteiger partial charge in [-0.1, -0.05) is 11.6 Å². The van der Waals surface area contributed by atoms with E-state index < -0.39 is 41.4 Å². The van der Waals surface area contributed by atoms with E-state index in [2.05, 4.69) is 20.3 Å². The van der Waals surface area contributed by atoms with Gasteiger partial charge in [-0.2, -0.15) is 8.78 Å². The molecular formula is C13H10ClF5N4. The Kier molecular flexibility index (Phi) is 4.98. The minimum absolute atomic E-state index is 0.00287. The predicted octanol–water partition coefficient (Wildman–Crippen LogP) is 4.12. The molecule has 0 aromatic carbocycles. The molecule has 1 N–H and O–H groups in total. The maximum atomic E-state index is 13.5. The third kappa shape index (κ3) is 4.25. The molecule has 23 heavy (non-hydrogen) atoms. The highest BCUT2D eigenvalue weighted by Gasteiger charge is 2.30. The second-order valence-electron chi connectivity index (χ2n) is 4.58. The second-order valence-corrected chi connectivity index (χ2v) is 4.94. The van der Waals surface area contributed by atoms with Gasteiger partial charge in [-0.05, 0) is 12.1 Å². The van der Waals surface area contributed by atoms with E-state index in [0.717, 1.165) is 12.3 Å². The van der Waals surface area contributed by atoms with Crippen LogP contribution < -0.4 is 5.32 Å². The SMILES string of the molecule is CC(F)(F)c1ncc(-c2ccc(F)c(NCC(F)F)n2)nc1Cl. The molecule has 0 bridgehead atoms. The summed E-state index contributed by atoms with van der Waals surface area (Å²) in [6.07, 6.45) is -1.70. The van der Waals surface area contributed by atoms with Crippen molar-refractivity contribution in [2.75, 3.05) is 11.9 Å². The van der Waals surface area contributed by atoms with Crippen molar-refractivity contribution in [3.05, 3.63) is 35.0 Å². The molecule has 0 radical (unpaired) electrons. The lowest BCUT2D eigenvalue weighted by Gasteiger charge is -2.12. The Bertz CT molecular complexity index is 705. The van der Waals surface area contributed by atoms with Gasteiger partial charge < -0.3 is 5.32 Å². The maximum Gasteiger partial charge on any atom is 0.290 e. The number of alkyl halides is 4. The number of aromatic nitrogens is 3. The Morgan fingerprint density at radius 3 is 2.48 bits per heavy atom. The van der Waals surface area contributed by atoms with E-state index in [1.165, 1.54) is 6.07 Å². The van der Waals surface area contributed by atoms with Crippen LogP contribution in [0.25, 0.3) is 11.4 Å². The molecule has 0 spiro atoms. The van der Waals surface area contributed by atoms with Crippen molar-refractivity contribution in [2.24, 2.45) is 0 Å². The fraction of sp³-hybridized carbons (Fsp3) is 0.308. The molecular weight excluding hydrogens is 343 g/mol. The Labute approximate surface area is 132 Å². The number of rotatable bonds is 5. The first-order valence-corrected chi connectivity index (χ1v) is 6.66. The largest absolute Gasteiger partial charge is 0.362 e. The molecule has 10 heteroatoms. The summed E-state index contributed by atoms with van der Waals surface area (Å²) in [5.74, 6) is -4.53. The quantitative estimate of drug-likeness (QED) is 0.822. The van der Waals surface area contributed by atoms with E-state index >= 15 is 0 Å². The fourth-order valence-electron chi connectivity index (χ4n) is 1.67. The molecule has 0 amide bonds. The van der Waals surface area contributed by atoms with Crippen LogP contribution in [0.4, 0.5) is 27.8 Å². The van der Waals surface area contributed by atoms with E-state index in [1.54, 1.807) is 0 Å². The van der Waals surface area contributed by atoms with E-state index in [4.69, 9.17) is 11.6 Å². The Morgan fingerprint density at radius 2 is 1.91 bits per heavy atom. The van der Waals surface area contributed by atoms with Crippen molar-refractivity contribution in [1.29, 1.82) is 0 Å². The Hall–Kier alpha value is -2.03. The molecule has 2 rings (SSSR count). The minimum Gasteiger partial charge on any atom is -0.362 e. The van der Waals surface area contributed by atoms with Crippen molar-refractivity contribution in [2.45, 2.75) is 19.3 Å². The average Bonchev–Trinajstić information content (AvgIpc) is 2.44. The molecule has 0 saturated heterocycles. The van der Waals surface area contributed by atoms with Crippen molar-refractivity contribution in [3.63, 3.8) is 0 Å². The Balaban J connectivity index is 2.35. The molecule has 4 nitrogen and oxygen atoms in total. The summed E-state index contributed by atoms with van der Waals surface area (Å²) < 4.78 is 64.2. The fourth-order valence-corrected chi connectivity index (χ4v) is 1.97. The monoisotopic (exact) mass is 352 g/mol. The summed E-state index contributed by atoms with van der Waals surface area (Å²) in [5.41, 5.74) is -0.660. The normalized spacial score (nSPS) is 11.8. The number of hydrogen-bond donors (Lipinski definition) is 1. The first-order valence-electron chi connectivity index (χ1n) is 6.28. The van der Waals surface area contributed by atoms with Crippen LogP contribution >= 0.6 is 11.6 Å². The summed E-state index contributed by atoms with van der Waals surface area (Å²) in [5, 5.41) is 1.61. The summed E-state index contributed by atoms with van der Waals surface area (Å²) >= 11 is 5.67. The zero-order valence-electron chi connectivity index (χ0n) is 11.6. The van der Waals surface area contributed by atoms with Crippen LogP contribution in [0.3, 0.4) is 0 Å². The van der Waals surface area contributed by atoms with Crippen molar-refractivity contribution < 1.29 is 22.0 Å². The zero-order chi connectivity index (χ0) is 17.2. The lowest BCUT2D eigenvalue weighted by molar-refractivity contribution is 0.0125. The second kappa shape index (κ2) is 6.61. The van der Waals surface area contributed by atoms with Gasteiger partial charge in [-0.15, -0.1) is 0 Å². The molecule has 2 heterocycles. The van der Waals surface area contributed by atoms with Crippen LogP contribution in [0.5, 0.6) is 0 Å². The summed E-state index contributed by atoms with van der Waals surface area (Å²) in [6, 6.07) is 2.18. The van der Waals surface area contributed by atoms with E-state index in [9.17, 15) is 22.0 Å². The molecule has 0 atom stereocenters. The van der Waals surface area contributed by atoms with Crippen molar-refractivity contribution in [3.8, 4) is 11.4 Å². The lowest BCUT2D eigenvalue weighted by atomic mass is 10.2. The molecule has 0 aliphatic heterocycles. The van der Waals surface area contributed by atoms with Gasteiger partial charge >= 0.3 is 0 Å². The zero-order valence-corrected chi connectivity index (χ0v) is 12.4. The van der Waals surface area contributed by atoms with Crippen LogP contribution in [-0.4, -0.2) is 27.9 Å². The first-order chi connectivity index (χ1) is 10.7. The molecule has 0 aliphatic carbocycles. The van der Waals surface area contributed by atoms with Gasteiger partial charge in [0.05, 0.1) is 18.4 Å². The number of nitrogens with one attached hydrogen (secondary N) is 1. The standard InChI is InChI=1S/C13H10ClF5N4/c1-13(18,19)10-11(14)22-8(4-20-10)7-3-2-6(15)12(23-7)21-5-9(16)17/h2-4,9H,5H2,1H3,(H,21,23). The number of nitrogens with zero attached hydrogens (tertiary/aromatic N) is 3. The number of hydrogen-bond acceptors (Lipinski definition) is 4. The maximum absolute atomic E-state index is 13.5. The van der Waals surface area contributed by atoms with Gasteiger partial charge in [-0.25, -0.2) is 28.1 Å². The average molecular weight is 353 g/mol. The number of halogens is 6. The molecule has 0 fully saturated rings. The van der Waals surface area contributed by atoms with Crippen LogP contribution in [0.15, 0.2) is 18.3 Å². The van der Waals surface area contributed by atoms with Gasteiger partial charge in [0.25, 0.3) is 12.3 Å². The summed E-state index contributed by atoms with van der Waals surface area (Å²) in [7, 11) is 0. The highest BCUT2D eigenvalue weighted by atomic mass is 35.5. The van der Waals surface area contributed by atoms with Gasteiger partial charge in [0, 0.05) is 6.92 Å². The topological polar surface area (TPSA) is 50.7 Å². The van der Waals surface area contributed by atoms with Crippen molar-refractivity contribution >= 4 is 17.4 Å². The number of anilines is 1. The van der Waals surface area contributed by atoms with E-state index in [0.29, 0.717) is 6.92 Å². The third-order valence-electron chi connectivity index (χ3n) is 2.68. The predicted molar refractivity (Wildman–Crippen MR) is 74.3 cm³/mol. The molecule has 0 unspecified atom stereocenters. The molecule has 0 aliphatic rings. The smallest absolute Gasteiger partial charge is 0.290 e. The minimum atomic E-state index is -3.27. The van der Waals surface area contributed by atoms with Gasteiger partial charge in [0.2, 0.25) is 0 Å². The molecule has 124 valence electrons. The van der Waals surface area contributed by atoms with Crippen LogP contribution in [0.1, 0.15) is 12.6 Å². The highest BCUT2D eigenvalue weighted by molar-refractivity contribution is 6.30. The summed E-state index contributed by atoms with van der Waals surface area (Å²) in [4.78, 5) is 11.1. The van der Waals surface area contributed by atoms with E-state index in [-0.39, 0.29) is 11.4 Å². The van der Waals surface area contributed by atoms with Crippen LogP contribution in [0, 0.1) is 5.82 Å². The van der Waals surface area contributed by atoms with Gasteiger partial charge in [-0.3, -0.25) is 0 Å². The molecule has 2 aromatic rings. The van der Waals surface area contributed by atoms with Crippen LogP contribution in [-0.2, 0) is 5.92 Å². The van der Waals surface area contributed by atoms with Gasteiger partial charge in [0.15, 0.2) is 16.8 Å². The molecule has 0 saturated carbocycles. The van der Waals surface area contributed by atoms with Crippen molar-refractivity contribution in [1.82, 2.24) is 15.0 Å². The van der Waals surface area contributed by atoms with E-state index in [1.807, 2.05) is 0 Å². The third-order valence-corrected chi connectivity index (χ3v) is 2.94. The van der Waals surface area contributed by atoms with Crippen LogP contribution in [0.2, 0.25) is 5.15 Å². The Morgan fingerprint density at radius 1 is 1.22 bits per heavy atom. The number of pyridine rings is 1. The molecule has 2 aromatic heterocycles. The van der Waals surface area contributed by atoms with Gasteiger partial charge in [0.1, 0.15) is 11.4 Å².